The van der Waals surface area contributed by atoms with Crippen molar-refractivity contribution in [2.24, 2.45) is 40.4 Å². The van der Waals surface area contributed by atoms with E-state index in [1.54, 1.807) is 6.92 Å². The fourth-order valence-electron chi connectivity index (χ4n) is 7.86. The van der Waals surface area contributed by atoms with Gasteiger partial charge in [-0.15, -0.1) is 0 Å². The van der Waals surface area contributed by atoms with Crippen molar-refractivity contribution < 1.29 is 15.0 Å². The second-order valence-corrected chi connectivity index (χ2v) is 9.94. The lowest BCUT2D eigenvalue weighted by atomic mass is 9.44. The maximum Gasteiger partial charge on any atom is 0.133 e. The van der Waals surface area contributed by atoms with Gasteiger partial charge in [0.1, 0.15) is 5.78 Å². The molecular weight excluding hydrogens is 300 g/mol. The molecule has 9 atom stereocenters. The van der Waals surface area contributed by atoms with E-state index < -0.39 is 0 Å². The number of carbonyl (C=O) groups excluding carboxylic acids is 1. The molecular formula is C21H34O3. The molecule has 0 spiro atoms. The second kappa shape index (κ2) is 5.54. The predicted molar refractivity (Wildman–Crippen MR) is 93.3 cm³/mol. The van der Waals surface area contributed by atoms with Crippen LogP contribution in [0.2, 0.25) is 0 Å². The number of Topliss-reactive ketones (excluding diaryl/α,β-unsaturated/α-hetero) is 1. The summed E-state index contributed by atoms with van der Waals surface area (Å²) in [6.07, 6.45) is 7.92. The molecule has 3 nitrogen and oxygen atoms in total. The zero-order chi connectivity index (χ0) is 17.3. The van der Waals surface area contributed by atoms with Crippen LogP contribution in [0.4, 0.5) is 0 Å². The molecule has 4 saturated carbocycles. The van der Waals surface area contributed by atoms with Crippen LogP contribution in [0.5, 0.6) is 0 Å². The quantitative estimate of drug-likeness (QED) is 0.771. The molecule has 0 amide bonds. The molecule has 3 heteroatoms. The fraction of sp³-hybridized carbons (Fsp3) is 0.952. The SMILES string of the molecule is CC(=O)[C@H]1CC[C@H]2[C@H]3CC[C@H]4C[C@H](O)CC[C@]4(C)[C@@H]3C[C@H](O)[C@]12C. The molecule has 0 bridgehead atoms. The van der Waals surface area contributed by atoms with Crippen LogP contribution in [-0.4, -0.2) is 28.2 Å². The Morgan fingerprint density at radius 1 is 0.958 bits per heavy atom. The minimum atomic E-state index is -0.345. The van der Waals surface area contributed by atoms with E-state index in [2.05, 4.69) is 13.8 Å². The van der Waals surface area contributed by atoms with Crippen molar-refractivity contribution in [3.63, 3.8) is 0 Å². The van der Waals surface area contributed by atoms with E-state index in [0.29, 0.717) is 23.7 Å². The number of aliphatic hydroxyl groups excluding tert-OH is 2. The first kappa shape index (κ1) is 17.0. The summed E-state index contributed by atoms with van der Waals surface area (Å²) in [5.41, 5.74) is 0.0726. The zero-order valence-corrected chi connectivity index (χ0v) is 15.5. The standard InChI is InChI=1S/C21H34O3/c1-12(22)16-6-7-17-15-5-4-13-10-14(23)8-9-20(13,2)18(15)11-19(24)21(16,17)3/h13-19,23-24H,4-11H2,1-3H3/t13-,14+,15+,16+,17-,18+,19-,20-,21+/m0/s1. The van der Waals surface area contributed by atoms with Gasteiger partial charge in [0.05, 0.1) is 12.2 Å². The molecule has 0 unspecified atom stereocenters. The highest BCUT2D eigenvalue weighted by atomic mass is 16.3. The molecule has 0 heterocycles. The van der Waals surface area contributed by atoms with Gasteiger partial charge >= 0.3 is 0 Å². The highest BCUT2D eigenvalue weighted by Crippen LogP contribution is 2.67. The van der Waals surface area contributed by atoms with Crippen LogP contribution in [0, 0.1) is 40.4 Å². The highest BCUT2D eigenvalue weighted by Gasteiger charge is 2.63. The van der Waals surface area contributed by atoms with Crippen LogP contribution in [0.3, 0.4) is 0 Å². The zero-order valence-electron chi connectivity index (χ0n) is 15.5. The van der Waals surface area contributed by atoms with Crippen molar-refractivity contribution in [3.05, 3.63) is 0 Å². The first-order valence-corrected chi connectivity index (χ1v) is 10.1. The van der Waals surface area contributed by atoms with Crippen molar-refractivity contribution in [3.8, 4) is 0 Å². The minimum Gasteiger partial charge on any atom is -0.393 e. The van der Waals surface area contributed by atoms with E-state index in [1.165, 1.54) is 12.8 Å². The molecule has 0 aromatic rings. The molecule has 0 aromatic heterocycles. The number of hydrogen-bond donors (Lipinski definition) is 2. The Kier molecular flexibility index (Phi) is 3.93. The van der Waals surface area contributed by atoms with Crippen LogP contribution < -0.4 is 0 Å². The summed E-state index contributed by atoms with van der Waals surface area (Å²) in [5, 5.41) is 21.3. The van der Waals surface area contributed by atoms with Crippen molar-refractivity contribution in [2.45, 2.75) is 84.3 Å². The summed E-state index contributed by atoms with van der Waals surface area (Å²) in [6.45, 7) is 6.36. The molecule has 4 aliphatic carbocycles. The molecule has 4 aliphatic rings. The molecule has 24 heavy (non-hydrogen) atoms. The van der Waals surface area contributed by atoms with Gasteiger partial charge in [-0.25, -0.2) is 0 Å². The van der Waals surface area contributed by atoms with Gasteiger partial charge in [-0.2, -0.15) is 0 Å². The Hall–Kier alpha value is -0.410. The summed E-state index contributed by atoms with van der Waals surface area (Å²) in [7, 11) is 0. The van der Waals surface area contributed by atoms with Crippen LogP contribution >= 0.6 is 0 Å². The van der Waals surface area contributed by atoms with Gasteiger partial charge in [-0.05, 0) is 87.4 Å². The number of hydrogen-bond acceptors (Lipinski definition) is 3. The van der Waals surface area contributed by atoms with Gasteiger partial charge in [0.2, 0.25) is 0 Å². The van der Waals surface area contributed by atoms with Crippen molar-refractivity contribution in [1.29, 1.82) is 0 Å². The van der Waals surface area contributed by atoms with Crippen molar-refractivity contribution in [1.82, 2.24) is 0 Å². The van der Waals surface area contributed by atoms with E-state index in [1.807, 2.05) is 0 Å². The van der Waals surface area contributed by atoms with Crippen molar-refractivity contribution in [2.75, 3.05) is 0 Å². The molecule has 4 fully saturated rings. The molecule has 0 radical (unpaired) electrons. The molecule has 0 aliphatic heterocycles. The van der Waals surface area contributed by atoms with Gasteiger partial charge in [-0.3, -0.25) is 4.79 Å². The van der Waals surface area contributed by atoms with Gasteiger partial charge in [0.15, 0.2) is 0 Å². The summed E-state index contributed by atoms with van der Waals surface area (Å²) < 4.78 is 0. The summed E-state index contributed by atoms with van der Waals surface area (Å²) >= 11 is 0. The average molecular weight is 335 g/mol. The van der Waals surface area contributed by atoms with Gasteiger partial charge < -0.3 is 10.2 Å². The largest absolute Gasteiger partial charge is 0.393 e. The number of ketones is 1. The Morgan fingerprint density at radius 2 is 1.71 bits per heavy atom. The molecule has 136 valence electrons. The van der Waals surface area contributed by atoms with E-state index in [4.69, 9.17) is 0 Å². The lowest BCUT2D eigenvalue weighted by Crippen LogP contribution is -2.58. The average Bonchev–Trinajstić information content (AvgIpc) is 2.88. The number of rotatable bonds is 1. The first-order valence-electron chi connectivity index (χ1n) is 10.1. The molecule has 4 rings (SSSR count). The van der Waals surface area contributed by atoms with E-state index in [0.717, 1.165) is 38.5 Å². The van der Waals surface area contributed by atoms with Crippen molar-refractivity contribution >= 4 is 5.78 Å². The van der Waals surface area contributed by atoms with E-state index in [-0.39, 0.29) is 34.7 Å². The highest BCUT2D eigenvalue weighted by molar-refractivity contribution is 5.79. The Balaban J connectivity index is 1.66. The Morgan fingerprint density at radius 3 is 2.42 bits per heavy atom. The maximum atomic E-state index is 12.2. The monoisotopic (exact) mass is 334 g/mol. The Bertz CT molecular complexity index is 531. The van der Waals surface area contributed by atoms with Gasteiger partial charge in [0.25, 0.3) is 0 Å². The fourth-order valence-corrected chi connectivity index (χ4v) is 7.86. The van der Waals surface area contributed by atoms with E-state index >= 15 is 0 Å². The molecule has 0 saturated heterocycles. The molecule has 2 N–H and O–H groups in total. The smallest absolute Gasteiger partial charge is 0.133 e. The topological polar surface area (TPSA) is 57.5 Å². The van der Waals surface area contributed by atoms with Crippen LogP contribution in [-0.2, 0) is 4.79 Å². The van der Waals surface area contributed by atoms with Crippen LogP contribution in [0.1, 0.15) is 72.1 Å². The normalized spacial score (nSPS) is 57.0. The van der Waals surface area contributed by atoms with Crippen LogP contribution in [0.15, 0.2) is 0 Å². The molecule has 0 aromatic carbocycles. The third kappa shape index (κ3) is 2.13. The van der Waals surface area contributed by atoms with E-state index in [9.17, 15) is 15.0 Å². The predicted octanol–water partition coefficient (Wildman–Crippen LogP) is 3.57. The third-order valence-electron chi connectivity index (χ3n) is 9.24. The summed E-state index contributed by atoms with van der Waals surface area (Å²) in [6, 6.07) is 0. The Labute approximate surface area is 146 Å². The lowest BCUT2D eigenvalue weighted by molar-refractivity contribution is -0.173. The summed E-state index contributed by atoms with van der Waals surface area (Å²) in [4.78, 5) is 12.2. The maximum absolute atomic E-state index is 12.2. The van der Waals surface area contributed by atoms with Gasteiger partial charge in [0, 0.05) is 11.3 Å². The number of carbonyl (C=O) groups is 1. The third-order valence-corrected chi connectivity index (χ3v) is 9.24. The van der Waals surface area contributed by atoms with Gasteiger partial charge in [-0.1, -0.05) is 13.8 Å². The minimum absolute atomic E-state index is 0.0529. The lowest BCUT2D eigenvalue weighted by Gasteiger charge is -2.62. The van der Waals surface area contributed by atoms with Crippen LogP contribution in [0.25, 0.3) is 0 Å². The number of fused-ring (bicyclic) bond motifs is 5. The summed E-state index contributed by atoms with van der Waals surface area (Å²) in [5.74, 6) is 2.69. The first-order chi connectivity index (χ1) is 11.3. The second-order valence-electron chi connectivity index (χ2n) is 9.94. The number of aliphatic hydroxyl groups is 2.